The van der Waals surface area contributed by atoms with Gasteiger partial charge in [-0.1, -0.05) is 47.8 Å². The first kappa shape index (κ1) is 19.0. The molecule has 1 aromatic heterocycles. The molecule has 2 bridgehead atoms. The highest BCUT2D eigenvalue weighted by atomic mass is 35.6. The van der Waals surface area contributed by atoms with E-state index in [0.717, 1.165) is 36.5 Å². The lowest BCUT2D eigenvalue weighted by molar-refractivity contribution is -0.937. The Morgan fingerprint density at radius 3 is 2.84 bits per heavy atom. The first-order chi connectivity index (χ1) is 11.8. The molecular formula is C17H23Cl3N3O2+. The van der Waals surface area contributed by atoms with Crippen molar-refractivity contribution in [3.8, 4) is 0 Å². The third-order valence-corrected chi connectivity index (χ3v) is 5.79. The molecule has 2 aliphatic heterocycles. The van der Waals surface area contributed by atoms with E-state index in [2.05, 4.69) is 5.32 Å². The quantitative estimate of drug-likeness (QED) is 0.743. The molecule has 2 aliphatic rings. The molecule has 1 aromatic rings. The molecule has 1 unspecified atom stereocenters. The maximum Gasteiger partial charge on any atom is 0.262 e. The normalized spacial score (nSPS) is 26.6. The third kappa shape index (κ3) is 4.16. The van der Waals surface area contributed by atoms with Crippen LogP contribution in [0.2, 0.25) is 0 Å². The molecule has 3 heterocycles. The van der Waals surface area contributed by atoms with Gasteiger partial charge in [-0.3, -0.25) is 9.59 Å². The van der Waals surface area contributed by atoms with Crippen LogP contribution in [0.5, 0.6) is 0 Å². The zero-order valence-electron chi connectivity index (χ0n) is 14.1. The fraction of sp³-hybridized carbons (Fsp3) is 0.647. The minimum absolute atomic E-state index is 0.0461. The SMILES string of the molecule is CCCC(=O)N[C@H]([NH+]1C[C@H]2C[C@@H](C1)c1cccc(=O)n1C2)C(Cl)(Cl)Cl. The van der Waals surface area contributed by atoms with Gasteiger partial charge in [0.1, 0.15) is 0 Å². The van der Waals surface area contributed by atoms with Crippen LogP contribution in [0.1, 0.15) is 37.8 Å². The van der Waals surface area contributed by atoms with E-state index in [1.165, 1.54) is 0 Å². The maximum atomic E-state index is 12.1. The lowest BCUT2D eigenvalue weighted by atomic mass is 9.83. The number of nitrogens with zero attached hydrogens (tertiary/aromatic N) is 1. The van der Waals surface area contributed by atoms with Crippen LogP contribution in [0, 0.1) is 5.92 Å². The number of fused-ring (bicyclic) bond motifs is 4. The summed E-state index contributed by atoms with van der Waals surface area (Å²) >= 11 is 18.6. The molecule has 1 fully saturated rings. The minimum atomic E-state index is -1.58. The van der Waals surface area contributed by atoms with Gasteiger partial charge in [-0.2, -0.15) is 0 Å². The second-order valence-corrected chi connectivity index (χ2v) is 9.43. The van der Waals surface area contributed by atoms with Gasteiger partial charge in [-0.05, 0) is 18.9 Å². The minimum Gasteiger partial charge on any atom is -0.312 e. The summed E-state index contributed by atoms with van der Waals surface area (Å²) in [5, 5.41) is 2.91. The molecule has 25 heavy (non-hydrogen) atoms. The molecule has 0 radical (unpaired) electrons. The van der Waals surface area contributed by atoms with Crippen molar-refractivity contribution in [2.75, 3.05) is 13.1 Å². The predicted molar refractivity (Wildman–Crippen MR) is 99.4 cm³/mol. The Bertz CT molecular complexity index is 701. The topological polar surface area (TPSA) is 55.5 Å². The van der Waals surface area contributed by atoms with Gasteiger partial charge in [0, 0.05) is 36.6 Å². The van der Waals surface area contributed by atoms with Gasteiger partial charge in [-0.15, -0.1) is 0 Å². The van der Waals surface area contributed by atoms with Gasteiger partial charge in [0.15, 0.2) is 0 Å². The van der Waals surface area contributed by atoms with Crippen molar-refractivity contribution in [3.05, 3.63) is 34.2 Å². The molecule has 1 saturated heterocycles. The highest BCUT2D eigenvalue weighted by Crippen LogP contribution is 2.32. The molecule has 0 aliphatic carbocycles. The molecule has 3 rings (SSSR count). The maximum absolute atomic E-state index is 12.1. The Hall–Kier alpha value is -0.750. The number of hydrogen-bond donors (Lipinski definition) is 2. The Morgan fingerprint density at radius 1 is 1.40 bits per heavy atom. The van der Waals surface area contributed by atoms with Crippen molar-refractivity contribution in [2.45, 2.75) is 48.6 Å². The summed E-state index contributed by atoms with van der Waals surface area (Å²) in [6.45, 7) is 4.12. The second-order valence-electron chi connectivity index (χ2n) is 7.06. The van der Waals surface area contributed by atoms with E-state index >= 15 is 0 Å². The lowest BCUT2D eigenvalue weighted by Crippen LogP contribution is -3.21. The summed E-state index contributed by atoms with van der Waals surface area (Å²) in [5.74, 6) is 0.465. The number of piperidine rings is 1. The molecule has 138 valence electrons. The molecular weight excluding hydrogens is 385 g/mol. The molecule has 0 aromatic carbocycles. The highest BCUT2D eigenvalue weighted by molar-refractivity contribution is 6.68. The van der Waals surface area contributed by atoms with Gasteiger partial charge in [0.05, 0.1) is 13.1 Å². The average Bonchev–Trinajstić information content (AvgIpc) is 2.53. The molecule has 8 heteroatoms. The van der Waals surface area contributed by atoms with Crippen LogP contribution < -0.4 is 15.8 Å². The summed E-state index contributed by atoms with van der Waals surface area (Å²) in [6.07, 6.45) is 1.59. The van der Waals surface area contributed by atoms with Gasteiger partial charge in [0.2, 0.25) is 12.1 Å². The molecule has 1 amide bonds. The van der Waals surface area contributed by atoms with E-state index in [1.807, 2.05) is 17.6 Å². The number of carbonyl (C=O) groups excluding carboxylic acids is 1. The lowest BCUT2D eigenvalue weighted by Gasteiger charge is -2.44. The smallest absolute Gasteiger partial charge is 0.262 e. The van der Waals surface area contributed by atoms with Gasteiger partial charge < -0.3 is 14.8 Å². The van der Waals surface area contributed by atoms with Crippen molar-refractivity contribution >= 4 is 40.7 Å². The zero-order valence-corrected chi connectivity index (χ0v) is 16.4. The number of carbonyl (C=O) groups is 1. The number of pyridine rings is 1. The van der Waals surface area contributed by atoms with E-state index < -0.39 is 9.96 Å². The van der Waals surface area contributed by atoms with Gasteiger partial charge in [0.25, 0.3) is 9.35 Å². The van der Waals surface area contributed by atoms with Crippen LogP contribution >= 0.6 is 34.8 Å². The van der Waals surface area contributed by atoms with Crippen LogP contribution in [0.3, 0.4) is 0 Å². The van der Waals surface area contributed by atoms with Crippen LogP contribution in [0.25, 0.3) is 0 Å². The number of amides is 1. The van der Waals surface area contributed by atoms with E-state index in [1.54, 1.807) is 12.1 Å². The van der Waals surface area contributed by atoms with Crippen molar-refractivity contribution in [1.29, 1.82) is 0 Å². The fourth-order valence-corrected chi connectivity index (χ4v) is 4.79. The van der Waals surface area contributed by atoms with E-state index in [0.29, 0.717) is 18.9 Å². The molecule has 5 nitrogen and oxygen atoms in total. The summed E-state index contributed by atoms with van der Waals surface area (Å²) in [7, 11) is 0. The van der Waals surface area contributed by atoms with Gasteiger partial charge >= 0.3 is 0 Å². The van der Waals surface area contributed by atoms with E-state index in [4.69, 9.17) is 34.8 Å². The largest absolute Gasteiger partial charge is 0.312 e. The summed E-state index contributed by atoms with van der Waals surface area (Å²) in [5.41, 5.74) is 1.09. The molecule has 2 N–H and O–H groups in total. The van der Waals surface area contributed by atoms with E-state index in [-0.39, 0.29) is 17.4 Å². The van der Waals surface area contributed by atoms with Crippen molar-refractivity contribution < 1.29 is 9.69 Å². The number of hydrogen-bond acceptors (Lipinski definition) is 2. The van der Waals surface area contributed by atoms with Gasteiger partial charge in [-0.25, -0.2) is 0 Å². The highest BCUT2D eigenvalue weighted by Gasteiger charge is 2.47. The Labute approximate surface area is 162 Å². The van der Waals surface area contributed by atoms with Crippen molar-refractivity contribution in [3.63, 3.8) is 0 Å². The summed E-state index contributed by atoms with van der Waals surface area (Å²) in [6, 6.07) is 5.41. The monoisotopic (exact) mass is 406 g/mol. The Morgan fingerprint density at radius 2 is 2.16 bits per heavy atom. The Kier molecular flexibility index (Phi) is 5.69. The number of nitrogens with one attached hydrogen (secondary N) is 2. The zero-order chi connectivity index (χ0) is 18.2. The summed E-state index contributed by atoms with van der Waals surface area (Å²) in [4.78, 5) is 25.3. The van der Waals surface area contributed by atoms with Crippen LogP contribution in [0.4, 0.5) is 0 Å². The predicted octanol–water partition coefficient (Wildman–Crippen LogP) is 1.46. The van der Waals surface area contributed by atoms with Crippen LogP contribution in [0.15, 0.2) is 23.0 Å². The third-order valence-electron chi connectivity index (χ3n) is 5.14. The van der Waals surface area contributed by atoms with Crippen molar-refractivity contribution in [1.82, 2.24) is 9.88 Å². The van der Waals surface area contributed by atoms with Crippen LogP contribution in [-0.2, 0) is 11.3 Å². The first-order valence-electron chi connectivity index (χ1n) is 8.70. The number of alkyl halides is 3. The fourth-order valence-electron chi connectivity index (χ4n) is 4.16. The number of halogens is 3. The molecule has 4 atom stereocenters. The molecule has 0 spiro atoms. The Balaban J connectivity index is 1.84. The molecule has 0 saturated carbocycles. The van der Waals surface area contributed by atoms with Crippen molar-refractivity contribution in [2.24, 2.45) is 5.92 Å². The number of aromatic nitrogens is 1. The first-order valence-corrected chi connectivity index (χ1v) is 9.83. The number of rotatable bonds is 4. The number of likely N-dealkylation sites (tertiary alicyclic amines) is 1. The van der Waals surface area contributed by atoms with E-state index in [9.17, 15) is 9.59 Å². The second kappa shape index (κ2) is 7.47. The summed E-state index contributed by atoms with van der Waals surface area (Å²) < 4.78 is 0.288. The standard InChI is InChI=1S/C17H22Cl3N3O2/c1-2-4-14(24)21-16(17(18,19)20)22-8-11-7-12(10-22)13-5-3-6-15(25)23(13)9-11/h3,5-6,11-12,16H,2,4,7-10H2,1H3,(H,21,24)/p+1/t11-,12+,16-/m1/s1. The van der Waals surface area contributed by atoms with Crippen LogP contribution in [-0.4, -0.2) is 33.5 Å². The number of quaternary nitrogens is 1. The average molecular weight is 408 g/mol.